The molecule has 3 rings (SSSR count). The van der Waals surface area contributed by atoms with Gasteiger partial charge >= 0.3 is 5.76 Å². The van der Waals surface area contributed by atoms with E-state index in [2.05, 4.69) is 4.72 Å². The lowest BCUT2D eigenvalue weighted by Gasteiger charge is -2.11. The van der Waals surface area contributed by atoms with Crippen molar-refractivity contribution in [2.75, 3.05) is 0 Å². The summed E-state index contributed by atoms with van der Waals surface area (Å²) in [5, 5.41) is 0. The Morgan fingerprint density at radius 3 is 2.70 bits per heavy atom. The lowest BCUT2D eigenvalue weighted by molar-refractivity contribution is 0.512. The third kappa shape index (κ3) is 2.16. The molecular weight excluding hydrogens is 280 g/mol. The smallest absolute Gasteiger partial charge is 0.408 e. The van der Waals surface area contributed by atoms with Crippen LogP contribution in [0.15, 0.2) is 32.3 Å². The van der Waals surface area contributed by atoms with E-state index >= 15 is 0 Å². The minimum Gasteiger partial charge on any atom is -0.408 e. The molecule has 1 fully saturated rings. The summed E-state index contributed by atoms with van der Waals surface area (Å²) in [7, 11) is -3.58. The molecule has 0 saturated heterocycles. The molecule has 1 heterocycles. The first-order valence-electron chi connectivity index (χ1n) is 6.52. The van der Waals surface area contributed by atoms with Gasteiger partial charge in [-0.3, -0.25) is 4.57 Å². The first-order valence-corrected chi connectivity index (χ1v) is 8.00. The van der Waals surface area contributed by atoms with Crippen LogP contribution in [0, 0.1) is 0 Å². The van der Waals surface area contributed by atoms with Crippen molar-refractivity contribution in [2.45, 2.75) is 43.7 Å². The molecule has 0 aliphatic heterocycles. The molecule has 1 saturated carbocycles. The van der Waals surface area contributed by atoms with E-state index in [0.29, 0.717) is 17.6 Å². The first-order chi connectivity index (χ1) is 9.35. The minimum absolute atomic E-state index is 0.120. The molecule has 0 unspecified atom stereocenters. The normalized spacial score (nSPS) is 17.5. The van der Waals surface area contributed by atoms with Gasteiger partial charge in [0.1, 0.15) is 0 Å². The minimum atomic E-state index is -3.58. The molecule has 2 aromatic rings. The average Bonchev–Trinajstić information content (AvgIpc) is 2.99. The first kappa shape index (κ1) is 13.4. The van der Waals surface area contributed by atoms with Crippen molar-refractivity contribution < 1.29 is 12.8 Å². The van der Waals surface area contributed by atoms with E-state index < -0.39 is 15.8 Å². The van der Waals surface area contributed by atoms with Crippen molar-refractivity contribution in [3.63, 3.8) is 0 Å². The summed E-state index contributed by atoms with van der Waals surface area (Å²) in [5.74, 6) is -0.473. The standard InChI is InChI=1S/C13H16N2O4S/c1-3-15-10-5-4-9(8-11(10)19-12(15)16)20(17,18)14-13(2)6-7-13/h4-5,8,14H,3,6-7H2,1-2H3. The van der Waals surface area contributed by atoms with E-state index in [-0.39, 0.29) is 10.4 Å². The van der Waals surface area contributed by atoms with Gasteiger partial charge in [0.05, 0.1) is 10.4 Å². The van der Waals surface area contributed by atoms with Crippen LogP contribution in [0.5, 0.6) is 0 Å². The summed E-state index contributed by atoms with van der Waals surface area (Å²) in [4.78, 5) is 11.7. The Hall–Kier alpha value is -1.60. The number of sulfonamides is 1. The molecule has 108 valence electrons. The van der Waals surface area contributed by atoms with Gasteiger partial charge in [0, 0.05) is 18.2 Å². The zero-order valence-corrected chi connectivity index (χ0v) is 12.2. The SMILES string of the molecule is CCn1c(=O)oc2cc(S(=O)(=O)NC3(C)CC3)ccc21. The molecule has 7 heteroatoms. The maximum absolute atomic E-state index is 12.3. The van der Waals surface area contributed by atoms with Crippen LogP contribution < -0.4 is 10.5 Å². The number of benzene rings is 1. The molecule has 0 radical (unpaired) electrons. The zero-order valence-electron chi connectivity index (χ0n) is 11.3. The number of rotatable bonds is 4. The third-order valence-electron chi connectivity index (χ3n) is 3.65. The summed E-state index contributed by atoms with van der Waals surface area (Å²) in [6.45, 7) is 4.18. The maximum Gasteiger partial charge on any atom is 0.419 e. The van der Waals surface area contributed by atoms with Crippen molar-refractivity contribution in [2.24, 2.45) is 0 Å². The van der Waals surface area contributed by atoms with Crippen LogP contribution in [0.3, 0.4) is 0 Å². The molecule has 6 nitrogen and oxygen atoms in total. The Balaban J connectivity index is 2.07. The second-order valence-corrected chi connectivity index (χ2v) is 7.09. The Labute approximate surface area is 116 Å². The highest BCUT2D eigenvalue weighted by atomic mass is 32.2. The predicted molar refractivity (Wildman–Crippen MR) is 74.1 cm³/mol. The van der Waals surface area contributed by atoms with E-state index in [0.717, 1.165) is 12.8 Å². The number of fused-ring (bicyclic) bond motifs is 1. The summed E-state index contributed by atoms with van der Waals surface area (Å²) >= 11 is 0. The maximum atomic E-state index is 12.3. The molecule has 0 spiro atoms. The Kier molecular flexibility index (Phi) is 2.81. The lowest BCUT2D eigenvalue weighted by Crippen LogP contribution is -2.34. The number of oxazole rings is 1. The number of aromatic nitrogens is 1. The van der Waals surface area contributed by atoms with Gasteiger partial charge in [0.2, 0.25) is 10.0 Å². The fourth-order valence-electron chi connectivity index (χ4n) is 2.19. The number of nitrogens with one attached hydrogen (secondary N) is 1. The Bertz CT molecular complexity index is 828. The van der Waals surface area contributed by atoms with E-state index in [1.165, 1.54) is 16.7 Å². The van der Waals surface area contributed by atoms with Gasteiger partial charge < -0.3 is 4.42 Å². The fraction of sp³-hybridized carbons (Fsp3) is 0.462. The second-order valence-electron chi connectivity index (χ2n) is 5.41. The van der Waals surface area contributed by atoms with Crippen LogP contribution in [0.2, 0.25) is 0 Å². The molecule has 1 aromatic carbocycles. The van der Waals surface area contributed by atoms with Crippen molar-refractivity contribution in [1.29, 1.82) is 0 Å². The van der Waals surface area contributed by atoms with Gasteiger partial charge in [0.25, 0.3) is 0 Å². The molecule has 0 atom stereocenters. The van der Waals surface area contributed by atoms with Crippen molar-refractivity contribution in [3.8, 4) is 0 Å². The highest BCUT2D eigenvalue weighted by molar-refractivity contribution is 7.89. The Morgan fingerprint density at radius 2 is 2.10 bits per heavy atom. The monoisotopic (exact) mass is 296 g/mol. The molecule has 0 bridgehead atoms. The van der Waals surface area contributed by atoms with E-state index in [4.69, 9.17) is 4.42 Å². The zero-order chi connectivity index (χ0) is 14.5. The number of hydrogen-bond acceptors (Lipinski definition) is 4. The molecule has 1 aliphatic rings. The molecular formula is C13H16N2O4S. The summed E-state index contributed by atoms with van der Waals surface area (Å²) < 4.78 is 33.7. The van der Waals surface area contributed by atoms with Gasteiger partial charge in [-0.15, -0.1) is 0 Å². The highest BCUT2D eigenvalue weighted by Crippen LogP contribution is 2.36. The van der Waals surface area contributed by atoms with Crippen LogP contribution in [0.4, 0.5) is 0 Å². The number of hydrogen-bond donors (Lipinski definition) is 1. The van der Waals surface area contributed by atoms with E-state index in [1.807, 2.05) is 13.8 Å². The van der Waals surface area contributed by atoms with Crippen LogP contribution in [0.1, 0.15) is 26.7 Å². The molecule has 1 aliphatic carbocycles. The van der Waals surface area contributed by atoms with Gasteiger partial charge in [-0.2, -0.15) is 0 Å². The van der Waals surface area contributed by atoms with Gasteiger partial charge in [0.15, 0.2) is 5.58 Å². The van der Waals surface area contributed by atoms with Crippen LogP contribution >= 0.6 is 0 Å². The van der Waals surface area contributed by atoms with Crippen molar-refractivity contribution >= 4 is 21.1 Å². The molecule has 1 N–H and O–H groups in total. The van der Waals surface area contributed by atoms with Gasteiger partial charge in [-0.05, 0) is 38.8 Å². The average molecular weight is 296 g/mol. The molecule has 1 aromatic heterocycles. The third-order valence-corrected chi connectivity index (χ3v) is 5.28. The van der Waals surface area contributed by atoms with Crippen molar-refractivity contribution in [1.82, 2.24) is 9.29 Å². The number of aryl methyl sites for hydroxylation is 1. The largest absolute Gasteiger partial charge is 0.419 e. The van der Waals surface area contributed by atoms with Gasteiger partial charge in [-0.25, -0.2) is 17.9 Å². The quantitative estimate of drug-likeness (QED) is 0.925. The summed E-state index contributed by atoms with van der Waals surface area (Å²) in [6.07, 6.45) is 1.69. The van der Waals surface area contributed by atoms with Crippen LogP contribution in [-0.4, -0.2) is 18.5 Å². The molecule has 20 heavy (non-hydrogen) atoms. The summed E-state index contributed by atoms with van der Waals surface area (Å²) in [6, 6.07) is 4.50. The van der Waals surface area contributed by atoms with E-state index in [9.17, 15) is 13.2 Å². The molecule has 0 amide bonds. The van der Waals surface area contributed by atoms with Crippen LogP contribution in [-0.2, 0) is 16.6 Å². The second kappa shape index (κ2) is 4.20. The number of nitrogens with zero attached hydrogens (tertiary/aromatic N) is 1. The fourth-order valence-corrected chi connectivity index (χ4v) is 3.67. The van der Waals surface area contributed by atoms with Gasteiger partial charge in [-0.1, -0.05) is 0 Å². The summed E-state index contributed by atoms with van der Waals surface area (Å²) in [5.41, 5.74) is 0.569. The predicted octanol–water partition coefficient (Wildman–Crippen LogP) is 1.45. The Morgan fingerprint density at radius 1 is 1.40 bits per heavy atom. The van der Waals surface area contributed by atoms with E-state index in [1.54, 1.807) is 6.07 Å². The van der Waals surface area contributed by atoms with Crippen molar-refractivity contribution in [3.05, 3.63) is 28.7 Å². The highest BCUT2D eigenvalue weighted by Gasteiger charge is 2.41. The van der Waals surface area contributed by atoms with Crippen LogP contribution in [0.25, 0.3) is 11.1 Å². The topological polar surface area (TPSA) is 81.3 Å². The lowest BCUT2D eigenvalue weighted by atomic mass is 10.3.